The normalized spacial score (nSPS) is 12.2. The van der Waals surface area contributed by atoms with E-state index in [4.69, 9.17) is 14.2 Å². The molecule has 0 saturated heterocycles. The summed E-state index contributed by atoms with van der Waals surface area (Å²) in [4.78, 5) is 11.9. The average molecular weight is 483 g/mol. The van der Waals surface area contributed by atoms with Crippen LogP contribution in [0, 0.1) is 3.57 Å². The second kappa shape index (κ2) is 8.80. The van der Waals surface area contributed by atoms with Crippen molar-refractivity contribution in [2.45, 2.75) is 6.92 Å². The Hall–Kier alpha value is -2.69. The summed E-state index contributed by atoms with van der Waals surface area (Å²) in [6.45, 7) is 2.52. The molecule has 0 aromatic heterocycles. The van der Waals surface area contributed by atoms with E-state index in [9.17, 15) is 9.90 Å². The van der Waals surface area contributed by atoms with Crippen LogP contribution in [0.5, 0.6) is 23.0 Å². The third kappa shape index (κ3) is 4.94. The van der Waals surface area contributed by atoms with Gasteiger partial charge in [-0.1, -0.05) is 0 Å². The number of hydrogen-bond donors (Lipinski definition) is 3. The van der Waals surface area contributed by atoms with Gasteiger partial charge in [-0.15, -0.1) is 0 Å². The summed E-state index contributed by atoms with van der Waals surface area (Å²) in [5.74, 6) is 1.49. The van der Waals surface area contributed by atoms with E-state index < -0.39 is 0 Å². The first kappa shape index (κ1) is 19.1. The van der Waals surface area contributed by atoms with Gasteiger partial charge in [0.05, 0.1) is 22.9 Å². The number of anilines is 1. The monoisotopic (exact) mass is 483 g/mol. The summed E-state index contributed by atoms with van der Waals surface area (Å²) in [6.07, 6.45) is 1.49. The summed E-state index contributed by atoms with van der Waals surface area (Å²) in [5, 5.41) is 16.9. The first-order valence-corrected chi connectivity index (χ1v) is 9.25. The lowest BCUT2D eigenvalue weighted by Crippen LogP contribution is -2.25. The third-order valence-electron chi connectivity index (χ3n) is 3.58. The number of halogens is 1. The highest BCUT2D eigenvalue weighted by Crippen LogP contribution is 2.34. The van der Waals surface area contributed by atoms with Crippen LogP contribution in [0.15, 0.2) is 35.4 Å². The summed E-state index contributed by atoms with van der Waals surface area (Å²) in [7, 11) is 0. The molecule has 0 atom stereocenters. The zero-order valence-corrected chi connectivity index (χ0v) is 16.6. The fraction of sp³-hybridized carbons (Fsp3) is 0.222. The number of phenolic OH excluding ortho intramolecular Hbond substituents is 1. The molecule has 27 heavy (non-hydrogen) atoms. The molecule has 0 bridgehead atoms. The maximum absolute atomic E-state index is 11.9. The molecule has 2 aromatic rings. The first-order chi connectivity index (χ1) is 13.1. The molecule has 142 valence electrons. The number of hydrogen-bond acceptors (Lipinski definition) is 7. The number of carbonyl (C=O) groups excluding carboxylic acids is 1. The molecule has 3 rings (SSSR count). The molecule has 0 saturated carbocycles. The van der Waals surface area contributed by atoms with Crippen molar-refractivity contribution in [1.82, 2.24) is 5.43 Å². The van der Waals surface area contributed by atoms with Crippen molar-refractivity contribution in [3.05, 3.63) is 39.5 Å². The van der Waals surface area contributed by atoms with E-state index >= 15 is 0 Å². The minimum absolute atomic E-state index is 0.0499. The van der Waals surface area contributed by atoms with Crippen LogP contribution in [0.3, 0.4) is 0 Å². The van der Waals surface area contributed by atoms with E-state index in [-0.39, 0.29) is 25.0 Å². The maximum atomic E-state index is 11.9. The van der Waals surface area contributed by atoms with Gasteiger partial charge in [0.15, 0.2) is 23.0 Å². The third-order valence-corrected chi connectivity index (χ3v) is 4.40. The van der Waals surface area contributed by atoms with Crippen LogP contribution in [0.25, 0.3) is 0 Å². The Morgan fingerprint density at radius 2 is 2.15 bits per heavy atom. The lowest BCUT2D eigenvalue weighted by atomic mass is 10.2. The van der Waals surface area contributed by atoms with E-state index in [1.165, 1.54) is 6.21 Å². The van der Waals surface area contributed by atoms with Gasteiger partial charge in [-0.3, -0.25) is 4.79 Å². The molecule has 0 unspecified atom stereocenters. The standard InChI is InChI=1S/C18H18IN3O5/c1-2-25-16-6-11(5-13(19)18(16)24)8-21-22-17(23)9-20-12-3-4-14-15(7-12)27-10-26-14/h3-8,20,24H,2,9-10H2,1H3,(H,22,23)/b21-8+. The Labute approximate surface area is 169 Å². The van der Waals surface area contributed by atoms with Gasteiger partial charge in [0, 0.05) is 11.8 Å². The maximum Gasteiger partial charge on any atom is 0.259 e. The number of nitrogens with zero attached hydrogens (tertiary/aromatic N) is 1. The predicted molar refractivity (Wildman–Crippen MR) is 109 cm³/mol. The van der Waals surface area contributed by atoms with Crippen molar-refractivity contribution in [3.8, 4) is 23.0 Å². The summed E-state index contributed by atoms with van der Waals surface area (Å²) >= 11 is 2.00. The number of amides is 1. The summed E-state index contributed by atoms with van der Waals surface area (Å²) < 4.78 is 16.5. The number of benzene rings is 2. The molecule has 1 amide bonds. The lowest BCUT2D eigenvalue weighted by molar-refractivity contribution is -0.119. The lowest BCUT2D eigenvalue weighted by Gasteiger charge is -2.08. The largest absolute Gasteiger partial charge is 0.504 e. The van der Waals surface area contributed by atoms with Crippen LogP contribution in [0.4, 0.5) is 5.69 Å². The summed E-state index contributed by atoms with van der Waals surface area (Å²) in [6, 6.07) is 8.74. The Morgan fingerprint density at radius 1 is 1.33 bits per heavy atom. The molecule has 1 aliphatic heterocycles. The van der Waals surface area contributed by atoms with Crippen LogP contribution in [-0.4, -0.2) is 37.2 Å². The molecule has 2 aromatic carbocycles. The number of nitrogens with one attached hydrogen (secondary N) is 2. The van der Waals surface area contributed by atoms with E-state index in [2.05, 4.69) is 15.8 Å². The van der Waals surface area contributed by atoms with Crippen molar-refractivity contribution in [2.24, 2.45) is 5.10 Å². The highest BCUT2D eigenvalue weighted by molar-refractivity contribution is 14.1. The van der Waals surface area contributed by atoms with E-state index in [1.54, 1.807) is 30.3 Å². The fourth-order valence-electron chi connectivity index (χ4n) is 2.34. The van der Waals surface area contributed by atoms with Crippen LogP contribution >= 0.6 is 22.6 Å². The fourth-order valence-corrected chi connectivity index (χ4v) is 2.97. The first-order valence-electron chi connectivity index (χ1n) is 8.17. The molecule has 3 N–H and O–H groups in total. The van der Waals surface area contributed by atoms with Crippen molar-refractivity contribution >= 4 is 40.4 Å². The molecule has 1 aliphatic rings. The van der Waals surface area contributed by atoms with Crippen LogP contribution < -0.4 is 25.0 Å². The number of rotatable bonds is 7. The second-order valence-electron chi connectivity index (χ2n) is 5.50. The van der Waals surface area contributed by atoms with Gasteiger partial charge in [-0.2, -0.15) is 5.10 Å². The zero-order chi connectivity index (χ0) is 19.2. The number of carbonyl (C=O) groups is 1. The number of ether oxygens (including phenoxy) is 3. The smallest absolute Gasteiger partial charge is 0.259 e. The van der Waals surface area contributed by atoms with Gasteiger partial charge in [-0.25, -0.2) is 5.43 Å². The van der Waals surface area contributed by atoms with Crippen molar-refractivity contribution in [2.75, 3.05) is 25.3 Å². The van der Waals surface area contributed by atoms with Crippen molar-refractivity contribution in [1.29, 1.82) is 0 Å². The molecule has 0 radical (unpaired) electrons. The minimum Gasteiger partial charge on any atom is -0.504 e. The van der Waals surface area contributed by atoms with Gasteiger partial charge >= 0.3 is 0 Å². The Balaban J connectivity index is 1.53. The highest BCUT2D eigenvalue weighted by atomic mass is 127. The topological polar surface area (TPSA) is 101 Å². The Morgan fingerprint density at radius 3 is 2.96 bits per heavy atom. The molecular weight excluding hydrogens is 465 g/mol. The molecule has 9 heteroatoms. The second-order valence-corrected chi connectivity index (χ2v) is 6.66. The Kier molecular flexibility index (Phi) is 6.22. The number of aromatic hydroxyl groups is 1. The molecule has 0 spiro atoms. The van der Waals surface area contributed by atoms with Gasteiger partial charge in [0.25, 0.3) is 5.91 Å². The summed E-state index contributed by atoms with van der Waals surface area (Å²) in [5.41, 5.74) is 3.89. The highest BCUT2D eigenvalue weighted by Gasteiger charge is 2.13. The number of fused-ring (bicyclic) bond motifs is 1. The van der Waals surface area contributed by atoms with E-state index in [0.717, 1.165) is 5.69 Å². The molecule has 0 fully saturated rings. The number of hydrazone groups is 1. The number of phenols is 1. The van der Waals surface area contributed by atoms with Gasteiger partial charge < -0.3 is 24.6 Å². The van der Waals surface area contributed by atoms with Gasteiger partial charge in [0.1, 0.15) is 0 Å². The quantitative estimate of drug-likeness (QED) is 0.318. The van der Waals surface area contributed by atoms with Crippen LogP contribution in [0.1, 0.15) is 12.5 Å². The Bertz CT molecular complexity index is 872. The molecule has 1 heterocycles. The van der Waals surface area contributed by atoms with Crippen LogP contribution in [0.2, 0.25) is 0 Å². The molecular formula is C18H18IN3O5. The molecule has 0 aliphatic carbocycles. The zero-order valence-electron chi connectivity index (χ0n) is 14.5. The average Bonchev–Trinajstić information content (AvgIpc) is 3.12. The SMILES string of the molecule is CCOc1cc(/C=N/NC(=O)CNc2ccc3c(c2)OCO3)cc(I)c1O. The minimum atomic E-state index is -0.303. The predicted octanol–water partition coefficient (Wildman–Crippen LogP) is 2.69. The van der Waals surface area contributed by atoms with E-state index in [1.807, 2.05) is 29.5 Å². The van der Waals surface area contributed by atoms with Crippen molar-refractivity contribution in [3.63, 3.8) is 0 Å². The molecule has 8 nitrogen and oxygen atoms in total. The van der Waals surface area contributed by atoms with Gasteiger partial charge in [0.2, 0.25) is 6.79 Å². The van der Waals surface area contributed by atoms with Gasteiger partial charge in [-0.05, 0) is 59.3 Å². The van der Waals surface area contributed by atoms with E-state index in [0.29, 0.717) is 33.0 Å². The van der Waals surface area contributed by atoms with Crippen LogP contribution in [-0.2, 0) is 4.79 Å². The van der Waals surface area contributed by atoms with Crippen molar-refractivity contribution < 1.29 is 24.1 Å².